The van der Waals surface area contributed by atoms with Crippen molar-refractivity contribution in [3.05, 3.63) is 34.3 Å². The maximum atomic E-state index is 10.1. The van der Waals surface area contributed by atoms with E-state index in [1.54, 1.807) is 0 Å². The first-order valence-corrected chi connectivity index (χ1v) is 4.81. The molecular weight excluding hydrogens is 216 g/mol. The summed E-state index contributed by atoms with van der Waals surface area (Å²) >= 11 is 3.46. The average molecular weight is 227 g/mol. The van der Waals surface area contributed by atoms with Gasteiger partial charge in [0.2, 0.25) is 0 Å². The van der Waals surface area contributed by atoms with E-state index in [1.165, 1.54) is 5.56 Å². The molecule has 1 nitrogen and oxygen atoms in total. The average Bonchev–Trinajstić information content (AvgIpc) is 2.09. The first kappa shape index (κ1) is 9.46. The molecule has 0 saturated heterocycles. The van der Waals surface area contributed by atoms with Gasteiger partial charge in [-0.05, 0) is 24.5 Å². The molecule has 0 aliphatic carbocycles. The van der Waals surface area contributed by atoms with Gasteiger partial charge < -0.3 is 4.79 Å². The molecule has 0 unspecified atom stereocenters. The van der Waals surface area contributed by atoms with Crippen molar-refractivity contribution in [3.63, 3.8) is 0 Å². The number of hydrogen-bond donors (Lipinski definition) is 0. The molecule has 0 aromatic heterocycles. The van der Waals surface area contributed by atoms with E-state index in [0.29, 0.717) is 6.42 Å². The van der Waals surface area contributed by atoms with Crippen molar-refractivity contribution in [2.24, 2.45) is 0 Å². The Balaban J connectivity index is 2.51. The van der Waals surface area contributed by atoms with E-state index in [9.17, 15) is 4.79 Å². The van der Waals surface area contributed by atoms with Crippen LogP contribution in [0.3, 0.4) is 0 Å². The minimum Gasteiger partial charge on any atom is -0.303 e. The highest BCUT2D eigenvalue weighted by Gasteiger charge is 1.96. The highest BCUT2D eigenvalue weighted by molar-refractivity contribution is 9.10. The van der Waals surface area contributed by atoms with Gasteiger partial charge in [-0.15, -0.1) is 0 Å². The fourth-order valence-corrected chi connectivity index (χ4v) is 1.56. The normalized spacial score (nSPS) is 9.75. The molecule has 0 atom stereocenters. The minimum atomic E-state index is 0.654. The zero-order chi connectivity index (χ0) is 8.81. The minimum absolute atomic E-state index is 0.654. The lowest BCUT2D eigenvalue weighted by Gasteiger charge is -2.00. The number of halogens is 1. The molecule has 1 aromatic carbocycles. The lowest BCUT2D eigenvalue weighted by atomic mass is 10.1. The number of carbonyl (C=O) groups excluding carboxylic acids is 1. The quantitative estimate of drug-likeness (QED) is 0.570. The summed E-state index contributed by atoms with van der Waals surface area (Å²) in [5.41, 5.74) is 1.28. The molecule has 0 bridgehead atoms. The van der Waals surface area contributed by atoms with Crippen LogP contribution in [0, 0.1) is 0 Å². The maximum absolute atomic E-state index is 10.1. The monoisotopic (exact) mass is 226 g/mol. The summed E-state index contributed by atoms with van der Waals surface area (Å²) in [5, 5.41) is 0. The summed E-state index contributed by atoms with van der Waals surface area (Å²) in [5.74, 6) is 0. The molecule has 0 aliphatic heterocycles. The lowest BCUT2D eigenvalue weighted by Crippen LogP contribution is -1.86. The van der Waals surface area contributed by atoms with Gasteiger partial charge in [0.15, 0.2) is 0 Å². The third-order valence-electron chi connectivity index (χ3n) is 1.73. The summed E-state index contributed by atoms with van der Waals surface area (Å²) in [7, 11) is 0. The zero-order valence-electron chi connectivity index (χ0n) is 6.79. The van der Waals surface area contributed by atoms with Crippen molar-refractivity contribution < 1.29 is 4.79 Å². The van der Waals surface area contributed by atoms with E-state index in [-0.39, 0.29) is 0 Å². The number of carbonyl (C=O) groups is 1. The Hall–Kier alpha value is -0.630. The zero-order valence-corrected chi connectivity index (χ0v) is 8.38. The van der Waals surface area contributed by atoms with Crippen molar-refractivity contribution in [1.82, 2.24) is 0 Å². The molecular formula is C10H11BrO. The first-order chi connectivity index (χ1) is 5.84. The number of benzene rings is 1. The predicted octanol–water partition coefficient (Wildman–Crippen LogP) is 2.97. The van der Waals surface area contributed by atoms with Crippen LogP contribution >= 0.6 is 15.9 Å². The van der Waals surface area contributed by atoms with Crippen molar-refractivity contribution in [3.8, 4) is 0 Å². The Bertz CT molecular complexity index is 258. The second-order valence-electron chi connectivity index (χ2n) is 2.65. The number of aryl methyl sites for hydroxylation is 1. The second-order valence-corrected chi connectivity index (χ2v) is 3.50. The molecule has 2 heteroatoms. The van der Waals surface area contributed by atoms with E-state index < -0.39 is 0 Å². The van der Waals surface area contributed by atoms with Gasteiger partial charge in [0.25, 0.3) is 0 Å². The van der Waals surface area contributed by atoms with Crippen LogP contribution in [-0.4, -0.2) is 6.29 Å². The second kappa shape index (κ2) is 5.09. The van der Waals surface area contributed by atoms with Crippen molar-refractivity contribution >= 4 is 22.2 Å². The summed E-state index contributed by atoms with van der Waals surface area (Å²) in [6, 6.07) is 8.11. The van der Waals surface area contributed by atoms with Crippen molar-refractivity contribution in [2.45, 2.75) is 19.3 Å². The van der Waals surface area contributed by atoms with E-state index in [4.69, 9.17) is 0 Å². The van der Waals surface area contributed by atoms with Gasteiger partial charge in [-0.25, -0.2) is 0 Å². The number of rotatable bonds is 4. The largest absolute Gasteiger partial charge is 0.303 e. The van der Waals surface area contributed by atoms with Crippen LogP contribution in [0.15, 0.2) is 28.7 Å². The molecule has 0 heterocycles. The topological polar surface area (TPSA) is 17.1 Å². The molecule has 12 heavy (non-hydrogen) atoms. The number of unbranched alkanes of at least 4 members (excludes halogenated alkanes) is 1. The van der Waals surface area contributed by atoms with Crippen LogP contribution < -0.4 is 0 Å². The van der Waals surface area contributed by atoms with Gasteiger partial charge in [0.05, 0.1) is 0 Å². The van der Waals surface area contributed by atoms with Gasteiger partial charge in [0, 0.05) is 10.9 Å². The van der Waals surface area contributed by atoms with Crippen LogP contribution in [0.2, 0.25) is 0 Å². The molecule has 0 N–H and O–H groups in total. The molecule has 0 radical (unpaired) electrons. The molecule has 64 valence electrons. The van der Waals surface area contributed by atoms with E-state index in [1.807, 2.05) is 18.2 Å². The highest BCUT2D eigenvalue weighted by atomic mass is 79.9. The fourth-order valence-electron chi connectivity index (χ4n) is 1.08. The summed E-state index contributed by atoms with van der Waals surface area (Å²) in [6.45, 7) is 0. The molecule has 1 aromatic rings. The van der Waals surface area contributed by atoms with Crippen LogP contribution in [-0.2, 0) is 11.2 Å². The Kier molecular flexibility index (Phi) is 4.01. The Morgan fingerprint density at radius 2 is 2.08 bits per heavy atom. The summed E-state index contributed by atoms with van der Waals surface area (Å²) in [4.78, 5) is 10.1. The Morgan fingerprint density at radius 3 is 2.75 bits per heavy atom. The smallest absolute Gasteiger partial charge is 0.120 e. The molecule has 0 spiro atoms. The first-order valence-electron chi connectivity index (χ1n) is 4.01. The molecule has 0 aliphatic rings. The molecule has 0 fully saturated rings. The third-order valence-corrected chi connectivity index (χ3v) is 2.50. The van der Waals surface area contributed by atoms with Crippen molar-refractivity contribution in [1.29, 1.82) is 0 Å². The van der Waals surface area contributed by atoms with Crippen LogP contribution in [0.5, 0.6) is 0 Å². The Labute approximate surface area is 80.9 Å². The third kappa shape index (κ3) is 2.78. The molecule has 1 rings (SSSR count). The Morgan fingerprint density at radius 1 is 1.33 bits per heavy atom. The predicted molar refractivity (Wildman–Crippen MR) is 53.1 cm³/mol. The SMILES string of the molecule is O=CCCCc1ccccc1Br. The van der Waals surface area contributed by atoms with E-state index >= 15 is 0 Å². The van der Waals surface area contributed by atoms with Crippen molar-refractivity contribution in [2.75, 3.05) is 0 Å². The van der Waals surface area contributed by atoms with Gasteiger partial charge >= 0.3 is 0 Å². The van der Waals surface area contributed by atoms with Crippen LogP contribution in [0.25, 0.3) is 0 Å². The van der Waals surface area contributed by atoms with Gasteiger partial charge in [-0.2, -0.15) is 0 Å². The van der Waals surface area contributed by atoms with E-state index in [0.717, 1.165) is 23.6 Å². The lowest BCUT2D eigenvalue weighted by molar-refractivity contribution is -0.107. The van der Waals surface area contributed by atoms with Gasteiger partial charge in [0.1, 0.15) is 6.29 Å². The molecule has 0 saturated carbocycles. The van der Waals surface area contributed by atoms with Gasteiger partial charge in [-0.1, -0.05) is 34.1 Å². The standard InChI is InChI=1S/C10H11BrO/c11-10-7-2-1-5-9(10)6-3-4-8-12/h1-2,5,7-8H,3-4,6H2. The fraction of sp³-hybridized carbons (Fsp3) is 0.300. The van der Waals surface area contributed by atoms with Crippen LogP contribution in [0.1, 0.15) is 18.4 Å². The van der Waals surface area contributed by atoms with Crippen LogP contribution in [0.4, 0.5) is 0 Å². The van der Waals surface area contributed by atoms with E-state index in [2.05, 4.69) is 22.0 Å². The number of hydrogen-bond acceptors (Lipinski definition) is 1. The maximum Gasteiger partial charge on any atom is 0.120 e. The van der Waals surface area contributed by atoms with Gasteiger partial charge in [-0.3, -0.25) is 0 Å². The summed E-state index contributed by atoms with van der Waals surface area (Å²) < 4.78 is 1.14. The summed E-state index contributed by atoms with van der Waals surface area (Å²) in [6.07, 6.45) is 3.53. The molecule has 0 amide bonds. The number of aldehydes is 1. The highest BCUT2D eigenvalue weighted by Crippen LogP contribution is 2.17.